The van der Waals surface area contributed by atoms with Crippen molar-refractivity contribution in [2.24, 2.45) is 11.3 Å². The lowest BCUT2D eigenvalue weighted by molar-refractivity contribution is -0.147. The highest BCUT2D eigenvalue weighted by molar-refractivity contribution is 6.30. The Kier molecular flexibility index (Phi) is 5.74. The summed E-state index contributed by atoms with van der Waals surface area (Å²) in [5.41, 5.74) is 1.27. The number of aromatic nitrogens is 4. The minimum absolute atomic E-state index is 0.0563. The third-order valence-electron chi connectivity index (χ3n) is 5.84. The zero-order valence-corrected chi connectivity index (χ0v) is 18.6. The molecule has 2 aliphatic rings. The Labute approximate surface area is 185 Å². The van der Waals surface area contributed by atoms with Gasteiger partial charge in [0.05, 0.1) is 5.69 Å². The molecule has 2 amide bonds. The summed E-state index contributed by atoms with van der Waals surface area (Å²) in [5.74, 6) is -0.243. The minimum Gasteiger partial charge on any atom is -0.383 e. The highest BCUT2D eigenvalue weighted by Crippen LogP contribution is 2.48. The van der Waals surface area contributed by atoms with Crippen LogP contribution in [-0.2, 0) is 16.1 Å². The number of aliphatic hydroxyl groups excluding tert-OH is 1. The summed E-state index contributed by atoms with van der Waals surface area (Å²) in [5, 5.41) is 25.1. The molecule has 0 radical (unpaired) electrons. The Morgan fingerprint density at radius 3 is 2.77 bits per heavy atom. The maximum atomic E-state index is 13.0. The second-order valence-corrected chi connectivity index (χ2v) is 10.0. The SMILES string of the molecule is CC(C)(C)C[C@@H](O)C(=O)N1[C@H](C(=O)NCc2cc(Cl)ccc2-n2cnnn2)C[C@@H]2C[C@@H]21. The highest BCUT2D eigenvalue weighted by Gasteiger charge is 2.56. The summed E-state index contributed by atoms with van der Waals surface area (Å²) in [7, 11) is 0. The van der Waals surface area contributed by atoms with Crippen LogP contribution in [0, 0.1) is 11.3 Å². The lowest BCUT2D eigenvalue weighted by Crippen LogP contribution is -2.51. The number of tetrazole rings is 1. The molecule has 1 aromatic heterocycles. The van der Waals surface area contributed by atoms with Crippen molar-refractivity contribution in [3.05, 3.63) is 35.1 Å². The summed E-state index contributed by atoms with van der Waals surface area (Å²) in [6.45, 7) is 6.15. The van der Waals surface area contributed by atoms with Gasteiger partial charge in [0.2, 0.25) is 5.91 Å². The van der Waals surface area contributed by atoms with Gasteiger partial charge in [-0.3, -0.25) is 9.59 Å². The van der Waals surface area contributed by atoms with Crippen molar-refractivity contribution in [2.45, 2.75) is 64.8 Å². The first-order valence-electron chi connectivity index (χ1n) is 10.4. The molecule has 1 saturated carbocycles. The molecule has 2 fully saturated rings. The maximum absolute atomic E-state index is 13.0. The van der Waals surface area contributed by atoms with Gasteiger partial charge in [-0.05, 0) is 64.8 Å². The molecule has 31 heavy (non-hydrogen) atoms. The van der Waals surface area contributed by atoms with Gasteiger partial charge in [0.15, 0.2) is 0 Å². The van der Waals surface area contributed by atoms with Gasteiger partial charge in [-0.1, -0.05) is 32.4 Å². The zero-order valence-electron chi connectivity index (χ0n) is 17.8. The molecule has 0 bridgehead atoms. The van der Waals surface area contributed by atoms with Crippen LogP contribution >= 0.6 is 11.6 Å². The first-order chi connectivity index (χ1) is 14.6. The van der Waals surface area contributed by atoms with E-state index in [9.17, 15) is 14.7 Å². The van der Waals surface area contributed by atoms with Crippen LogP contribution in [0.1, 0.15) is 45.6 Å². The summed E-state index contributed by atoms with van der Waals surface area (Å²) in [6.07, 6.45) is 2.24. The number of aliphatic hydroxyl groups is 1. The number of hydrogen-bond acceptors (Lipinski definition) is 6. The van der Waals surface area contributed by atoms with Crippen LogP contribution in [0.25, 0.3) is 5.69 Å². The Morgan fingerprint density at radius 2 is 2.10 bits per heavy atom. The molecule has 1 saturated heterocycles. The van der Waals surface area contributed by atoms with E-state index in [2.05, 4.69) is 20.8 Å². The molecular weight excluding hydrogens is 420 g/mol. The number of halogens is 1. The molecule has 2 heterocycles. The van der Waals surface area contributed by atoms with E-state index in [0.29, 0.717) is 29.5 Å². The monoisotopic (exact) mass is 446 g/mol. The predicted octanol–water partition coefficient (Wildman–Crippen LogP) is 1.72. The van der Waals surface area contributed by atoms with Gasteiger partial charge < -0.3 is 15.3 Å². The molecule has 1 aliphatic carbocycles. The maximum Gasteiger partial charge on any atom is 0.252 e. The van der Waals surface area contributed by atoms with Crippen molar-refractivity contribution in [3.63, 3.8) is 0 Å². The lowest BCUT2D eigenvalue weighted by atomic mass is 9.88. The van der Waals surface area contributed by atoms with E-state index in [1.54, 1.807) is 23.1 Å². The lowest BCUT2D eigenvalue weighted by Gasteiger charge is -2.31. The van der Waals surface area contributed by atoms with Crippen molar-refractivity contribution in [3.8, 4) is 5.69 Å². The van der Waals surface area contributed by atoms with E-state index in [1.165, 1.54) is 11.0 Å². The Bertz CT molecular complexity index is 974. The molecule has 0 spiro atoms. The standard InChI is InChI=1S/C21H27ClN6O3/c1-21(2,3)9-18(29)20(31)28-16-7-12(16)8-17(28)19(30)23-10-13-6-14(22)4-5-15(13)27-11-24-25-26-27/h4-6,11-12,16-18,29H,7-10H2,1-3H3,(H,23,30)/t12-,16-,17-,18+/m0/s1. The van der Waals surface area contributed by atoms with Crippen molar-refractivity contribution < 1.29 is 14.7 Å². The van der Waals surface area contributed by atoms with Crippen LogP contribution in [-0.4, -0.2) is 60.2 Å². The van der Waals surface area contributed by atoms with Crippen molar-refractivity contribution >= 4 is 23.4 Å². The summed E-state index contributed by atoms with van der Waals surface area (Å²) in [4.78, 5) is 27.6. The molecule has 1 aromatic carbocycles. The number of rotatable bonds is 6. The van der Waals surface area contributed by atoms with Crippen molar-refractivity contribution in [1.82, 2.24) is 30.4 Å². The molecular formula is C21H27ClN6O3. The molecule has 1 aliphatic heterocycles. The number of amides is 2. The fourth-order valence-electron chi connectivity index (χ4n) is 4.34. The van der Waals surface area contributed by atoms with E-state index in [0.717, 1.165) is 12.0 Å². The molecule has 10 heteroatoms. The number of nitrogens with one attached hydrogen (secondary N) is 1. The number of nitrogens with zero attached hydrogens (tertiary/aromatic N) is 5. The number of hydrogen-bond donors (Lipinski definition) is 2. The van der Waals surface area contributed by atoms with E-state index < -0.39 is 12.1 Å². The molecule has 9 nitrogen and oxygen atoms in total. The molecule has 166 valence electrons. The highest BCUT2D eigenvalue weighted by atomic mass is 35.5. The Hall–Kier alpha value is -2.52. The summed E-state index contributed by atoms with van der Waals surface area (Å²) >= 11 is 6.14. The van der Waals surface area contributed by atoms with Gasteiger partial charge in [0.25, 0.3) is 5.91 Å². The average molecular weight is 447 g/mol. The summed E-state index contributed by atoms with van der Waals surface area (Å²) < 4.78 is 1.50. The molecule has 4 rings (SSSR count). The Balaban J connectivity index is 1.46. The van der Waals surface area contributed by atoms with Crippen LogP contribution in [0.15, 0.2) is 24.5 Å². The van der Waals surface area contributed by atoms with E-state index in [-0.39, 0.29) is 29.8 Å². The normalized spacial score (nSPS) is 23.4. The van der Waals surface area contributed by atoms with Gasteiger partial charge in [-0.2, -0.15) is 0 Å². The third kappa shape index (κ3) is 4.72. The predicted molar refractivity (Wildman–Crippen MR) is 113 cm³/mol. The van der Waals surface area contributed by atoms with Gasteiger partial charge >= 0.3 is 0 Å². The topological polar surface area (TPSA) is 113 Å². The molecule has 4 atom stereocenters. The van der Waals surface area contributed by atoms with Crippen LogP contribution in [0.5, 0.6) is 0 Å². The fraction of sp³-hybridized carbons (Fsp3) is 0.571. The van der Waals surface area contributed by atoms with Crippen LogP contribution in [0.3, 0.4) is 0 Å². The first-order valence-corrected chi connectivity index (χ1v) is 10.8. The summed E-state index contributed by atoms with van der Waals surface area (Å²) in [6, 6.07) is 4.75. The van der Waals surface area contributed by atoms with Crippen molar-refractivity contribution in [2.75, 3.05) is 0 Å². The number of benzene rings is 1. The number of carbonyl (C=O) groups is 2. The average Bonchev–Trinajstić information content (AvgIpc) is 3.10. The van der Waals surface area contributed by atoms with Crippen LogP contribution < -0.4 is 5.32 Å². The van der Waals surface area contributed by atoms with E-state index in [4.69, 9.17) is 11.6 Å². The Morgan fingerprint density at radius 1 is 1.32 bits per heavy atom. The number of carbonyl (C=O) groups excluding carboxylic acids is 2. The third-order valence-corrected chi connectivity index (χ3v) is 6.08. The molecule has 0 unspecified atom stereocenters. The van der Waals surface area contributed by atoms with Gasteiger partial charge in [0.1, 0.15) is 18.5 Å². The van der Waals surface area contributed by atoms with E-state index in [1.807, 2.05) is 20.8 Å². The van der Waals surface area contributed by atoms with Crippen LogP contribution in [0.4, 0.5) is 0 Å². The number of fused-ring (bicyclic) bond motifs is 1. The van der Waals surface area contributed by atoms with Crippen LogP contribution in [0.2, 0.25) is 5.02 Å². The first kappa shape index (κ1) is 21.7. The quantitative estimate of drug-likeness (QED) is 0.698. The fourth-order valence-corrected chi connectivity index (χ4v) is 4.53. The van der Waals surface area contributed by atoms with E-state index >= 15 is 0 Å². The zero-order chi connectivity index (χ0) is 22.3. The minimum atomic E-state index is -1.10. The number of likely N-dealkylation sites (tertiary alicyclic amines) is 1. The smallest absolute Gasteiger partial charge is 0.252 e. The van der Waals surface area contributed by atoms with Gasteiger partial charge in [-0.25, -0.2) is 4.68 Å². The largest absolute Gasteiger partial charge is 0.383 e. The second-order valence-electron chi connectivity index (χ2n) is 9.59. The number of piperidine rings is 1. The molecule has 2 aromatic rings. The van der Waals surface area contributed by atoms with Gasteiger partial charge in [-0.15, -0.1) is 5.10 Å². The van der Waals surface area contributed by atoms with Gasteiger partial charge in [0, 0.05) is 17.6 Å². The molecule has 2 N–H and O–H groups in total. The van der Waals surface area contributed by atoms with Crippen molar-refractivity contribution in [1.29, 1.82) is 0 Å². The second kappa shape index (κ2) is 8.20.